The van der Waals surface area contributed by atoms with Gasteiger partial charge in [-0.05, 0) is 12.1 Å². The Balaban J connectivity index is 2.35. The van der Waals surface area contributed by atoms with Gasteiger partial charge < -0.3 is 16.2 Å². The van der Waals surface area contributed by atoms with E-state index >= 15 is 0 Å². The highest BCUT2D eigenvalue weighted by Gasteiger charge is 2.13. The van der Waals surface area contributed by atoms with Crippen molar-refractivity contribution in [3.8, 4) is 0 Å². The number of rotatable bonds is 4. The van der Waals surface area contributed by atoms with Crippen LogP contribution in [0.25, 0.3) is 0 Å². The fraction of sp³-hybridized carbons (Fsp3) is 0.200. The molecule has 1 aromatic rings. The summed E-state index contributed by atoms with van der Waals surface area (Å²) in [5.41, 5.74) is 5.93. The van der Waals surface area contributed by atoms with Crippen molar-refractivity contribution in [2.24, 2.45) is 5.73 Å². The van der Waals surface area contributed by atoms with Gasteiger partial charge in [0, 0.05) is 11.4 Å². The van der Waals surface area contributed by atoms with Crippen LogP contribution in [0.2, 0.25) is 0 Å². The van der Waals surface area contributed by atoms with Gasteiger partial charge in [-0.1, -0.05) is 30.0 Å². The molecule has 0 aromatic heterocycles. The smallest absolute Gasteiger partial charge is 0.321 e. The van der Waals surface area contributed by atoms with Crippen LogP contribution >= 0.6 is 11.8 Å². The number of nitrogens with two attached hydrogens (primary N) is 1. The van der Waals surface area contributed by atoms with E-state index in [1.54, 1.807) is 24.3 Å². The number of aliphatic carboxylic acids is 1. The van der Waals surface area contributed by atoms with E-state index in [2.05, 4.69) is 5.32 Å². The van der Waals surface area contributed by atoms with E-state index < -0.39 is 12.0 Å². The number of nitrogens with one attached hydrogen (secondary N) is 1. The van der Waals surface area contributed by atoms with Crippen LogP contribution in [0.3, 0.4) is 0 Å². The standard InChI is InChI=1S/C10H12N2O3S/c11-8(9(13)14)6-16-10(15)12-7-4-2-1-3-5-7/h1-5,8H,6,11H2,(H,12,15)(H,13,14)/t8-/m0/s1. The van der Waals surface area contributed by atoms with Crippen LogP contribution in [0.15, 0.2) is 30.3 Å². The monoisotopic (exact) mass is 240 g/mol. The predicted octanol–water partition coefficient (Wildman–Crippen LogP) is 1.36. The summed E-state index contributed by atoms with van der Waals surface area (Å²) < 4.78 is 0. The second-order valence-electron chi connectivity index (χ2n) is 3.03. The van der Waals surface area contributed by atoms with Crippen LogP contribution in [0, 0.1) is 0 Å². The van der Waals surface area contributed by atoms with Crippen molar-refractivity contribution in [3.05, 3.63) is 30.3 Å². The van der Waals surface area contributed by atoms with Crippen LogP contribution < -0.4 is 11.1 Å². The van der Waals surface area contributed by atoms with Gasteiger partial charge in [-0.25, -0.2) is 0 Å². The fourth-order valence-corrected chi connectivity index (χ4v) is 1.58. The molecule has 16 heavy (non-hydrogen) atoms. The van der Waals surface area contributed by atoms with Crippen LogP contribution in [0.5, 0.6) is 0 Å². The molecular formula is C10H12N2O3S. The lowest BCUT2D eigenvalue weighted by Gasteiger charge is -2.06. The van der Waals surface area contributed by atoms with Gasteiger partial charge in [0.2, 0.25) is 0 Å². The lowest BCUT2D eigenvalue weighted by Crippen LogP contribution is -2.33. The van der Waals surface area contributed by atoms with Crippen molar-refractivity contribution in [3.63, 3.8) is 0 Å². The topological polar surface area (TPSA) is 92.4 Å². The van der Waals surface area contributed by atoms with Gasteiger partial charge in [-0.15, -0.1) is 0 Å². The number of para-hydroxylation sites is 1. The Morgan fingerprint density at radius 1 is 1.38 bits per heavy atom. The number of carboxylic acid groups (broad SMARTS) is 1. The molecule has 86 valence electrons. The van der Waals surface area contributed by atoms with E-state index in [4.69, 9.17) is 10.8 Å². The number of benzene rings is 1. The Labute approximate surface area is 97.0 Å². The van der Waals surface area contributed by atoms with Gasteiger partial charge in [0.05, 0.1) is 0 Å². The number of carboxylic acids is 1. The van der Waals surface area contributed by atoms with Crippen molar-refractivity contribution in [1.82, 2.24) is 0 Å². The molecule has 0 heterocycles. The number of hydrogen-bond donors (Lipinski definition) is 3. The summed E-state index contributed by atoms with van der Waals surface area (Å²) in [5.74, 6) is -1.06. The Kier molecular flexibility index (Phi) is 4.81. The minimum atomic E-state index is -1.11. The lowest BCUT2D eigenvalue weighted by atomic mass is 10.3. The first-order valence-electron chi connectivity index (χ1n) is 4.57. The number of anilines is 1. The molecule has 0 aliphatic rings. The van der Waals surface area contributed by atoms with Gasteiger partial charge in [-0.2, -0.15) is 0 Å². The third kappa shape index (κ3) is 4.33. The highest BCUT2D eigenvalue weighted by atomic mass is 32.2. The molecule has 1 aromatic carbocycles. The van der Waals surface area contributed by atoms with Crippen LogP contribution in [0.4, 0.5) is 10.5 Å². The van der Waals surface area contributed by atoms with Crippen LogP contribution in [-0.4, -0.2) is 28.1 Å². The number of thioether (sulfide) groups is 1. The zero-order chi connectivity index (χ0) is 12.0. The summed E-state index contributed by atoms with van der Waals surface area (Å²) in [4.78, 5) is 21.7. The Morgan fingerprint density at radius 2 is 2.00 bits per heavy atom. The predicted molar refractivity (Wildman–Crippen MR) is 63.5 cm³/mol. The summed E-state index contributed by atoms with van der Waals surface area (Å²) >= 11 is 0.852. The van der Waals surface area contributed by atoms with Gasteiger partial charge in [0.15, 0.2) is 0 Å². The van der Waals surface area contributed by atoms with E-state index in [-0.39, 0.29) is 11.0 Å². The summed E-state index contributed by atoms with van der Waals surface area (Å²) in [6.45, 7) is 0. The van der Waals surface area contributed by atoms with Crippen molar-refractivity contribution in [2.75, 3.05) is 11.1 Å². The van der Waals surface area contributed by atoms with Crippen molar-refractivity contribution >= 4 is 28.7 Å². The fourth-order valence-electron chi connectivity index (χ4n) is 0.912. The zero-order valence-electron chi connectivity index (χ0n) is 8.42. The second-order valence-corrected chi connectivity index (χ2v) is 4.03. The van der Waals surface area contributed by atoms with Gasteiger partial charge in [0.1, 0.15) is 6.04 Å². The minimum absolute atomic E-state index is 0.0496. The molecule has 1 atom stereocenters. The molecule has 6 heteroatoms. The first-order valence-corrected chi connectivity index (χ1v) is 5.55. The van der Waals surface area contributed by atoms with E-state index in [1.807, 2.05) is 6.07 Å². The molecule has 0 saturated carbocycles. The molecule has 0 radical (unpaired) electrons. The molecule has 4 N–H and O–H groups in total. The zero-order valence-corrected chi connectivity index (χ0v) is 9.24. The van der Waals surface area contributed by atoms with Gasteiger partial charge in [0.25, 0.3) is 5.24 Å². The Bertz CT molecular complexity index is 370. The van der Waals surface area contributed by atoms with E-state index in [0.717, 1.165) is 11.8 Å². The first-order chi connectivity index (χ1) is 7.59. The molecule has 0 aliphatic heterocycles. The average molecular weight is 240 g/mol. The summed E-state index contributed by atoms with van der Waals surface area (Å²) in [6.07, 6.45) is 0. The van der Waals surface area contributed by atoms with Crippen molar-refractivity contribution < 1.29 is 14.7 Å². The summed E-state index contributed by atoms with van der Waals surface area (Å²) in [5, 5.41) is 10.8. The number of amides is 1. The third-order valence-corrected chi connectivity index (χ3v) is 2.62. The minimum Gasteiger partial charge on any atom is -0.480 e. The second kappa shape index (κ2) is 6.14. The highest BCUT2D eigenvalue weighted by molar-refractivity contribution is 8.13. The van der Waals surface area contributed by atoms with E-state index in [1.165, 1.54) is 0 Å². The molecular weight excluding hydrogens is 228 g/mol. The maximum atomic E-state index is 11.3. The number of carbonyl (C=O) groups excluding carboxylic acids is 1. The molecule has 0 saturated heterocycles. The number of carbonyl (C=O) groups is 2. The molecule has 1 amide bonds. The SMILES string of the molecule is N[C@@H](CSC(=O)Nc1ccccc1)C(=O)O. The molecule has 1 rings (SSSR count). The summed E-state index contributed by atoms with van der Waals surface area (Å²) in [7, 11) is 0. The molecule has 0 unspecified atom stereocenters. The van der Waals surface area contributed by atoms with Crippen molar-refractivity contribution in [2.45, 2.75) is 6.04 Å². The largest absolute Gasteiger partial charge is 0.480 e. The maximum absolute atomic E-state index is 11.3. The molecule has 0 aliphatic carbocycles. The van der Waals surface area contributed by atoms with Crippen LogP contribution in [-0.2, 0) is 4.79 Å². The van der Waals surface area contributed by atoms with Crippen LogP contribution in [0.1, 0.15) is 0 Å². The quantitative estimate of drug-likeness (QED) is 0.739. The Morgan fingerprint density at radius 3 is 2.56 bits per heavy atom. The van der Waals surface area contributed by atoms with Gasteiger partial charge in [-0.3, -0.25) is 9.59 Å². The molecule has 0 bridgehead atoms. The Hall–Kier alpha value is -1.53. The summed E-state index contributed by atoms with van der Waals surface area (Å²) in [6, 6.07) is 7.90. The first kappa shape index (κ1) is 12.5. The molecule has 0 spiro atoms. The van der Waals surface area contributed by atoms with E-state index in [9.17, 15) is 9.59 Å². The lowest BCUT2D eigenvalue weighted by molar-refractivity contribution is -0.137. The average Bonchev–Trinajstić information content (AvgIpc) is 2.27. The maximum Gasteiger partial charge on any atom is 0.321 e. The highest BCUT2D eigenvalue weighted by Crippen LogP contribution is 2.11. The normalized spacial score (nSPS) is 11.8. The van der Waals surface area contributed by atoms with Crippen molar-refractivity contribution in [1.29, 1.82) is 0 Å². The molecule has 0 fully saturated rings. The molecule has 5 nitrogen and oxygen atoms in total. The third-order valence-electron chi connectivity index (χ3n) is 1.73. The number of hydrogen-bond acceptors (Lipinski definition) is 4. The van der Waals surface area contributed by atoms with Gasteiger partial charge >= 0.3 is 5.97 Å². The van der Waals surface area contributed by atoms with E-state index in [0.29, 0.717) is 5.69 Å².